The number of piperazine rings is 1. The molecule has 184 valence electrons. The van der Waals surface area contributed by atoms with Gasteiger partial charge in [-0.15, -0.1) is 0 Å². The summed E-state index contributed by atoms with van der Waals surface area (Å²) in [4.78, 5) is 31.9. The molecule has 2 fully saturated rings. The number of anilines is 1. The summed E-state index contributed by atoms with van der Waals surface area (Å²) in [7, 11) is 0. The molecule has 2 amide bonds. The predicted molar refractivity (Wildman–Crippen MR) is 144 cm³/mol. The number of benzene rings is 2. The minimum Gasteiger partial charge on any atom is -0.339 e. The van der Waals surface area contributed by atoms with Gasteiger partial charge in [0.05, 0.1) is 5.70 Å². The second kappa shape index (κ2) is 10.8. The van der Waals surface area contributed by atoms with E-state index in [1.165, 1.54) is 11.8 Å². The quantitative estimate of drug-likeness (QED) is 0.395. The Kier molecular flexibility index (Phi) is 7.35. The number of amides is 2. The molecule has 1 saturated carbocycles. The second-order valence-electron chi connectivity index (χ2n) is 9.19. The standard InChI is InChI=1S/C28H27ClN4O2S/c29-22-11-6-12-23(17-22)33-25(20-7-2-1-3-8-20)19-36-28(33)24(18-30)27(35)32-15-13-31(14-16-32)26(34)21-9-4-5-10-21/h1-3,6-8,11-12,17,19,21H,4-5,9-10,13-16H2/b28-24-. The summed E-state index contributed by atoms with van der Waals surface area (Å²) in [6, 6.07) is 19.5. The topological polar surface area (TPSA) is 67.6 Å². The third-order valence-electron chi connectivity index (χ3n) is 6.98. The molecule has 2 aromatic carbocycles. The minimum atomic E-state index is -0.303. The van der Waals surface area contributed by atoms with E-state index in [0.29, 0.717) is 36.2 Å². The highest BCUT2D eigenvalue weighted by molar-refractivity contribution is 8.06. The highest BCUT2D eigenvalue weighted by Crippen LogP contribution is 2.45. The minimum absolute atomic E-state index is 0.0951. The van der Waals surface area contributed by atoms with Crippen molar-refractivity contribution >= 4 is 46.6 Å². The van der Waals surface area contributed by atoms with Gasteiger partial charge in [-0.25, -0.2) is 0 Å². The number of carbonyl (C=O) groups is 2. The lowest BCUT2D eigenvalue weighted by Crippen LogP contribution is -2.52. The molecule has 1 aliphatic carbocycles. The molecule has 1 saturated heterocycles. The number of rotatable bonds is 4. The van der Waals surface area contributed by atoms with Crippen LogP contribution in [0.15, 0.2) is 70.6 Å². The van der Waals surface area contributed by atoms with Crippen LogP contribution in [0.1, 0.15) is 31.2 Å². The number of thioether (sulfide) groups is 1. The molecule has 2 heterocycles. The fraction of sp³-hybridized carbons (Fsp3) is 0.321. The Balaban J connectivity index is 1.40. The summed E-state index contributed by atoms with van der Waals surface area (Å²) in [5.74, 6) is 0.0454. The van der Waals surface area contributed by atoms with Crippen molar-refractivity contribution in [2.24, 2.45) is 5.92 Å². The van der Waals surface area contributed by atoms with Crippen LogP contribution in [0.4, 0.5) is 5.69 Å². The van der Waals surface area contributed by atoms with Crippen LogP contribution in [-0.4, -0.2) is 47.8 Å². The molecule has 3 aliphatic rings. The summed E-state index contributed by atoms with van der Waals surface area (Å²) in [6.45, 7) is 1.87. The van der Waals surface area contributed by atoms with Gasteiger partial charge in [0.25, 0.3) is 5.91 Å². The van der Waals surface area contributed by atoms with E-state index in [4.69, 9.17) is 11.6 Å². The zero-order valence-corrected chi connectivity index (χ0v) is 21.5. The molecule has 2 aromatic rings. The van der Waals surface area contributed by atoms with E-state index < -0.39 is 0 Å². The molecule has 0 bridgehead atoms. The largest absolute Gasteiger partial charge is 0.339 e. The van der Waals surface area contributed by atoms with Crippen molar-refractivity contribution in [3.8, 4) is 6.07 Å². The lowest BCUT2D eigenvalue weighted by atomic mass is 10.1. The first-order chi connectivity index (χ1) is 17.6. The van der Waals surface area contributed by atoms with Gasteiger partial charge in [0.1, 0.15) is 16.7 Å². The Morgan fingerprint density at radius 1 is 0.944 bits per heavy atom. The maximum absolute atomic E-state index is 13.6. The Morgan fingerprint density at radius 2 is 1.64 bits per heavy atom. The summed E-state index contributed by atoms with van der Waals surface area (Å²) in [6.07, 6.45) is 4.17. The fourth-order valence-electron chi connectivity index (χ4n) is 5.08. The zero-order chi connectivity index (χ0) is 25.1. The van der Waals surface area contributed by atoms with Crippen LogP contribution in [0.25, 0.3) is 5.70 Å². The van der Waals surface area contributed by atoms with E-state index in [0.717, 1.165) is 42.6 Å². The van der Waals surface area contributed by atoms with E-state index in [1.807, 2.05) is 63.7 Å². The van der Waals surface area contributed by atoms with Gasteiger partial charge in [0.15, 0.2) is 0 Å². The van der Waals surface area contributed by atoms with Crippen molar-refractivity contribution < 1.29 is 9.59 Å². The molecule has 2 aliphatic heterocycles. The molecule has 0 unspecified atom stereocenters. The summed E-state index contributed by atoms with van der Waals surface area (Å²) < 4.78 is 0. The summed E-state index contributed by atoms with van der Waals surface area (Å²) in [5, 5.41) is 13.2. The maximum Gasteiger partial charge on any atom is 0.267 e. The van der Waals surface area contributed by atoms with Crippen molar-refractivity contribution in [3.05, 3.63) is 81.2 Å². The number of nitriles is 1. The Bertz CT molecular complexity index is 1260. The second-order valence-corrected chi connectivity index (χ2v) is 10.5. The highest BCUT2D eigenvalue weighted by atomic mass is 35.5. The Hall–Kier alpha value is -3.21. The molecular weight excluding hydrogens is 492 g/mol. The van der Waals surface area contributed by atoms with Gasteiger partial charge in [0, 0.05) is 48.2 Å². The van der Waals surface area contributed by atoms with Crippen LogP contribution >= 0.6 is 23.4 Å². The van der Waals surface area contributed by atoms with Gasteiger partial charge in [0.2, 0.25) is 5.91 Å². The molecule has 36 heavy (non-hydrogen) atoms. The fourth-order valence-corrected chi connectivity index (χ4v) is 6.29. The molecule has 0 spiro atoms. The summed E-state index contributed by atoms with van der Waals surface area (Å²) in [5.41, 5.74) is 2.73. The first-order valence-electron chi connectivity index (χ1n) is 12.3. The van der Waals surface area contributed by atoms with Gasteiger partial charge in [-0.3, -0.25) is 9.59 Å². The molecule has 0 atom stereocenters. The van der Waals surface area contributed by atoms with E-state index >= 15 is 0 Å². The number of carbonyl (C=O) groups excluding carboxylic acids is 2. The monoisotopic (exact) mass is 518 g/mol. The van der Waals surface area contributed by atoms with E-state index in [9.17, 15) is 14.9 Å². The van der Waals surface area contributed by atoms with Crippen LogP contribution in [0, 0.1) is 17.2 Å². The predicted octanol–water partition coefficient (Wildman–Crippen LogP) is 5.49. The maximum atomic E-state index is 13.6. The van der Waals surface area contributed by atoms with Gasteiger partial charge in [-0.2, -0.15) is 5.26 Å². The lowest BCUT2D eigenvalue weighted by molar-refractivity contribution is -0.140. The van der Waals surface area contributed by atoms with Gasteiger partial charge in [-0.1, -0.05) is 72.6 Å². The number of halogens is 1. The van der Waals surface area contributed by atoms with E-state index in [1.54, 1.807) is 11.0 Å². The molecule has 0 N–H and O–H groups in total. The van der Waals surface area contributed by atoms with Crippen LogP contribution in [0.3, 0.4) is 0 Å². The van der Waals surface area contributed by atoms with Crippen LogP contribution < -0.4 is 4.90 Å². The molecule has 0 aromatic heterocycles. The number of nitrogens with zero attached hydrogens (tertiary/aromatic N) is 4. The average molecular weight is 519 g/mol. The Labute approximate surface area is 220 Å². The van der Waals surface area contributed by atoms with Gasteiger partial charge >= 0.3 is 0 Å². The third kappa shape index (κ3) is 4.88. The smallest absolute Gasteiger partial charge is 0.267 e. The molecular formula is C28H27ClN4O2S. The highest BCUT2D eigenvalue weighted by Gasteiger charge is 2.34. The van der Waals surface area contributed by atoms with Crippen LogP contribution in [0.5, 0.6) is 0 Å². The molecule has 6 nitrogen and oxygen atoms in total. The van der Waals surface area contributed by atoms with Gasteiger partial charge < -0.3 is 14.7 Å². The Morgan fingerprint density at radius 3 is 2.31 bits per heavy atom. The van der Waals surface area contributed by atoms with Crippen LogP contribution in [-0.2, 0) is 9.59 Å². The molecule has 5 rings (SSSR count). The zero-order valence-electron chi connectivity index (χ0n) is 19.9. The summed E-state index contributed by atoms with van der Waals surface area (Å²) >= 11 is 7.67. The van der Waals surface area contributed by atoms with Crippen molar-refractivity contribution in [2.75, 3.05) is 31.1 Å². The lowest BCUT2D eigenvalue weighted by Gasteiger charge is -2.36. The van der Waals surface area contributed by atoms with Crippen molar-refractivity contribution in [1.29, 1.82) is 5.26 Å². The first kappa shape index (κ1) is 24.5. The van der Waals surface area contributed by atoms with Crippen molar-refractivity contribution in [3.63, 3.8) is 0 Å². The van der Waals surface area contributed by atoms with E-state index in [2.05, 4.69) is 6.07 Å². The molecule has 0 radical (unpaired) electrons. The van der Waals surface area contributed by atoms with E-state index in [-0.39, 0.29) is 23.3 Å². The van der Waals surface area contributed by atoms with Crippen molar-refractivity contribution in [1.82, 2.24) is 9.80 Å². The number of hydrogen-bond acceptors (Lipinski definition) is 5. The first-order valence-corrected chi connectivity index (χ1v) is 13.5. The third-order valence-corrected chi connectivity index (χ3v) is 8.17. The average Bonchev–Trinajstić information content (AvgIpc) is 3.60. The molecule has 8 heteroatoms. The van der Waals surface area contributed by atoms with Crippen LogP contribution in [0.2, 0.25) is 5.02 Å². The SMILES string of the molecule is N#C/C(C(=O)N1CCN(C(=O)C2CCCC2)CC1)=C1/SC=C(c2ccccc2)N1c1cccc(Cl)c1. The number of hydrogen-bond donors (Lipinski definition) is 0. The van der Waals surface area contributed by atoms with Crippen molar-refractivity contribution in [2.45, 2.75) is 25.7 Å². The normalized spacial score (nSPS) is 19.8. The van der Waals surface area contributed by atoms with Gasteiger partial charge in [-0.05, 0) is 36.6 Å².